The standard InChI is InChI=1S/C18H20N4O3/c1-12-9-17(20-13(2)19-12)21-5-7-22(8-6-21)18(23)14-3-4-15-16(10-14)25-11-24-15/h3-4,9-10H,5-8,11H2,1-2H3. The number of benzene rings is 1. The number of fused-ring (bicyclic) bond motifs is 1. The predicted molar refractivity (Wildman–Crippen MR) is 92.2 cm³/mol. The van der Waals surface area contributed by atoms with Crippen molar-refractivity contribution in [1.82, 2.24) is 14.9 Å². The summed E-state index contributed by atoms with van der Waals surface area (Å²) in [7, 11) is 0. The number of aromatic nitrogens is 2. The summed E-state index contributed by atoms with van der Waals surface area (Å²) in [5, 5.41) is 0. The average molecular weight is 340 g/mol. The smallest absolute Gasteiger partial charge is 0.254 e. The first-order chi connectivity index (χ1) is 12.1. The number of carbonyl (C=O) groups is 1. The molecule has 25 heavy (non-hydrogen) atoms. The second kappa shape index (κ2) is 6.23. The monoisotopic (exact) mass is 340 g/mol. The van der Waals surface area contributed by atoms with Crippen molar-refractivity contribution in [3.05, 3.63) is 41.3 Å². The third kappa shape index (κ3) is 3.09. The van der Waals surface area contributed by atoms with Gasteiger partial charge >= 0.3 is 0 Å². The molecule has 7 nitrogen and oxygen atoms in total. The number of nitrogens with zero attached hydrogens (tertiary/aromatic N) is 4. The summed E-state index contributed by atoms with van der Waals surface area (Å²) >= 11 is 0. The van der Waals surface area contributed by atoms with E-state index in [1.54, 1.807) is 18.2 Å². The van der Waals surface area contributed by atoms with E-state index in [0.29, 0.717) is 30.2 Å². The lowest BCUT2D eigenvalue weighted by molar-refractivity contribution is 0.0746. The molecule has 7 heteroatoms. The fourth-order valence-corrected chi connectivity index (χ4v) is 3.21. The molecule has 0 bridgehead atoms. The van der Waals surface area contributed by atoms with E-state index in [1.165, 1.54) is 0 Å². The van der Waals surface area contributed by atoms with Crippen LogP contribution < -0.4 is 14.4 Å². The van der Waals surface area contributed by atoms with Crippen molar-refractivity contribution in [2.24, 2.45) is 0 Å². The molecule has 1 aromatic carbocycles. The van der Waals surface area contributed by atoms with Crippen molar-refractivity contribution < 1.29 is 14.3 Å². The van der Waals surface area contributed by atoms with Crippen LogP contribution in [0.1, 0.15) is 21.9 Å². The quantitative estimate of drug-likeness (QED) is 0.830. The van der Waals surface area contributed by atoms with Gasteiger partial charge in [0.05, 0.1) is 0 Å². The Balaban J connectivity index is 1.44. The maximum absolute atomic E-state index is 12.7. The maximum Gasteiger partial charge on any atom is 0.254 e. The number of carbonyl (C=O) groups excluding carboxylic acids is 1. The first-order valence-electron chi connectivity index (χ1n) is 8.36. The molecule has 0 radical (unpaired) electrons. The van der Waals surface area contributed by atoms with Gasteiger partial charge in [-0.25, -0.2) is 9.97 Å². The molecular formula is C18H20N4O3. The van der Waals surface area contributed by atoms with Crippen LogP contribution in [0.15, 0.2) is 24.3 Å². The molecule has 0 N–H and O–H groups in total. The van der Waals surface area contributed by atoms with Gasteiger partial charge in [-0.05, 0) is 32.0 Å². The summed E-state index contributed by atoms with van der Waals surface area (Å²) in [6.07, 6.45) is 0. The third-order valence-corrected chi connectivity index (χ3v) is 4.46. The molecule has 3 heterocycles. The lowest BCUT2D eigenvalue weighted by Crippen LogP contribution is -2.49. The Morgan fingerprint density at radius 2 is 1.76 bits per heavy atom. The van der Waals surface area contributed by atoms with Crippen molar-refractivity contribution in [1.29, 1.82) is 0 Å². The van der Waals surface area contributed by atoms with Crippen LogP contribution in [0.4, 0.5) is 5.82 Å². The second-order valence-electron chi connectivity index (χ2n) is 6.26. The lowest BCUT2D eigenvalue weighted by Gasteiger charge is -2.35. The molecule has 2 aromatic rings. The molecule has 1 saturated heterocycles. The Hall–Kier alpha value is -2.83. The molecule has 1 fully saturated rings. The fraction of sp³-hybridized carbons (Fsp3) is 0.389. The number of hydrogen-bond acceptors (Lipinski definition) is 6. The number of aryl methyl sites for hydroxylation is 2. The van der Waals surface area contributed by atoms with E-state index >= 15 is 0 Å². The highest BCUT2D eigenvalue weighted by Crippen LogP contribution is 2.32. The number of amides is 1. The van der Waals surface area contributed by atoms with Crippen LogP contribution in [-0.4, -0.2) is 53.7 Å². The molecule has 0 saturated carbocycles. The van der Waals surface area contributed by atoms with Gasteiger partial charge in [-0.2, -0.15) is 0 Å². The van der Waals surface area contributed by atoms with E-state index < -0.39 is 0 Å². The highest BCUT2D eigenvalue weighted by molar-refractivity contribution is 5.95. The molecule has 2 aliphatic heterocycles. The van der Waals surface area contributed by atoms with Gasteiger partial charge in [0.15, 0.2) is 11.5 Å². The second-order valence-corrected chi connectivity index (χ2v) is 6.26. The van der Waals surface area contributed by atoms with Crippen molar-refractivity contribution >= 4 is 11.7 Å². The third-order valence-electron chi connectivity index (χ3n) is 4.46. The Kier molecular flexibility index (Phi) is 3.91. The molecule has 0 spiro atoms. The van der Waals surface area contributed by atoms with Crippen molar-refractivity contribution in [3.63, 3.8) is 0 Å². The minimum absolute atomic E-state index is 0.0213. The van der Waals surface area contributed by atoms with Crippen LogP contribution in [0.2, 0.25) is 0 Å². The SMILES string of the molecule is Cc1cc(N2CCN(C(=O)c3ccc4c(c3)OCO4)CC2)nc(C)n1. The van der Waals surface area contributed by atoms with E-state index in [-0.39, 0.29) is 12.7 Å². The zero-order valence-corrected chi connectivity index (χ0v) is 14.4. The molecule has 0 atom stereocenters. The number of piperazine rings is 1. The highest BCUT2D eigenvalue weighted by Gasteiger charge is 2.24. The van der Waals surface area contributed by atoms with Gasteiger partial charge in [0.25, 0.3) is 5.91 Å². The van der Waals surface area contributed by atoms with Gasteiger partial charge in [-0.3, -0.25) is 4.79 Å². The van der Waals surface area contributed by atoms with Gasteiger partial charge in [0, 0.05) is 43.5 Å². The molecule has 130 valence electrons. The van der Waals surface area contributed by atoms with Crippen molar-refractivity contribution in [2.45, 2.75) is 13.8 Å². The van der Waals surface area contributed by atoms with E-state index in [2.05, 4.69) is 14.9 Å². The van der Waals surface area contributed by atoms with Gasteiger partial charge in [-0.15, -0.1) is 0 Å². The van der Waals surface area contributed by atoms with E-state index in [0.717, 1.165) is 30.4 Å². The van der Waals surface area contributed by atoms with Gasteiger partial charge < -0.3 is 19.3 Å². The molecule has 1 amide bonds. The maximum atomic E-state index is 12.7. The minimum Gasteiger partial charge on any atom is -0.454 e. The molecule has 4 rings (SSSR count). The highest BCUT2D eigenvalue weighted by atomic mass is 16.7. The largest absolute Gasteiger partial charge is 0.454 e. The molecule has 0 unspecified atom stereocenters. The Bertz CT molecular complexity index is 796. The zero-order chi connectivity index (χ0) is 17.4. The lowest BCUT2D eigenvalue weighted by atomic mass is 10.1. The van der Waals surface area contributed by atoms with Crippen LogP contribution in [0.25, 0.3) is 0 Å². The van der Waals surface area contributed by atoms with Crippen molar-refractivity contribution in [2.75, 3.05) is 37.9 Å². The Morgan fingerprint density at radius 1 is 1.00 bits per heavy atom. The van der Waals surface area contributed by atoms with Crippen LogP contribution in [-0.2, 0) is 0 Å². The van der Waals surface area contributed by atoms with Gasteiger partial charge in [0.2, 0.25) is 6.79 Å². The topological polar surface area (TPSA) is 67.8 Å². The number of ether oxygens (including phenoxy) is 2. The summed E-state index contributed by atoms with van der Waals surface area (Å²) < 4.78 is 10.7. The molecular weight excluding hydrogens is 320 g/mol. The van der Waals surface area contributed by atoms with Gasteiger partial charge in [-0.1, -0.05) is 0 Å². The van der Waals surface area contributed by atoms with Crippen LogP contribution in [0, 0.1) is 13.8 Å². The number of anilines is 1. The normalized spacial score (nSPS) is 16.2. The van der Waals surface area contributed by atoms with E-state index in [9.17, 15) is 4.79 Å². The average Bonchev–Trinajstić information content (AvgIpc) is 3.08. The predicted octanol–water partition coefficient (Wildman–Crippen LogP) is 1.78. The van der Waals surface area contributed by atoms with Crippen molar-refractivity contribution in [3.8, 4) is 11.5 Å². The van der Waals surface area contributed by atoms with Crippen LogP contribution in [0.5, 0.6) is 11.5 Å². The minimum atomic E-state index is 0.0213. The Labute approximate surface area is 146 Å². The molecule has 1 aromatic heterocycles. The Morgan fingerprint density at radius 3 is 2.52 bits per heavy atom. The summed E-state index contributed by atoms with van der Waals surface area (Å²) in [6.45, 7) is 6.92. The van der Waals surface area contributed by atoms with Gasteiger partial charge in [0.1, 0.15) is 11.6 Å². The van der Waals surface area contributed by atoms with E-state index in [4.69, 9.17) is 9.47 Å². The first-order valence-corrected chi connectivity index (χ1v) is 8.36. The fourth-order valence-electron chi connectivity index (χ4n) is 3.21. The summed E-state index contributed by atoms with van der Waals surface area (Å²) in [5.41, 5.74) is 1.59. The molecule has 0 aliphatic carbocycles. The van der Waals surface area contributed by atoms with Crippen LogP contribution >= 0.6 is 0 Å². The van der Waals surface area contributed by atoms with Crippen LogP contribution in [0.3, 0.4) is 0 Å². The summed E-state index contributed by atoms with van der Waals surface area (Å²) in [4.78, 5) is 25.6. The first kappa shape index (κ1) is 15.7. The molecule has 2 aliphatic rings. The zero-order valence-electron chi connectivity index (χ0n) is 14.4. The summed E-state index contributed by atoms with van der Waals surface area (Å²) in [6, 6.07) is 7.33. The summed E-state index contributed by atoms with van der Waals surface area (Å²) in [5.74, 6) is 3.05. The number of hydrogen-bond donors (Lipinski definition) is 0. The number of rotatable bonds is 2. The van der Waals surface area contributed by atoms with E-state index in [1.807, 2.05) is 24.8 Å².